The summed E-state index contributed by atoms with van der Waals surface area (Å²) in [5.74, 6) is -1.58. The second-order valence-corrected chi connectivity index (χ2v) is 8.04. The first-order valence-corrected chi connectivity index (χ1v) is 10.2. The van der Waals surface area contributed by atoms with Gasteiger partial charge < -0.3 is 15.4 Å². The van der Waals surface area contributed by atoms with E-state index in [-0.39, 0.29) is 12.8 Å². The molecule has 0 aliphatic heterocycles. The fourth-order valence-electron chi connectivity index (χ4n) is 2.20. The van der Waals surface area contributed by atoms with Crippen LogP contribution in [-0.2, 0) is 19.1 Å². The van der Waals surface area contributed by atoms with Crippen LogP contribution < -0.4 is 10.6 Å². The maximum absolute atomic E-state index is 12.0. The van der Waals surface area contributed by atoms with Crippen molar-refractivity contribution in [2.24, 2.45) is 0 Å². The number of halogens is 4. The van der Waals surface area contributed by atoms with Crippen LogP contribution in [0.1, 0.15) is 18.4 Å². The lowest BCUT2D eigenvalue weighted by molar-refractivity contribution is -0.147. The molecule has 2 aromatic rings. The van der Waals surface area contributed by atoms with Gasteiger partial charge in [-0.3, -0.25) is 14.4 Å². The summed E-state index contributed by atoms with van der Waals surface area (Å²) in [5, 5.41) is 6.32. The Morgan fingerprint density at radius 2 is 1.66 bits per heavy atom. The van der Waals surface area contributed by atoms with E-state index in [4.69, 9.17) is 39.5 Å². The van der Waals surface area contributed by atoms with Crippen molar-refractivity contribution < 1.29 is 19.1 Å². The lowest BCUT2D eigenvalue weighted by Crippen LogP contribution is -2.22. The number of esters is 1. The zero-order valence-corrected chi connectivity index (χ0v) is 19.0. The van der Waals surface area contributed by atoms with Crippen molar-refractivity contribution in [2.45, 2.75) is 19.8 Å². The summed E-state index contributed by atoms with van der Waals surface area (Å²) in [6, 6.07) is 7.99. The van der Waals surface area contributed by atoms with E-state index >= 15 is 0 Å². The minimum Gasteiger partial charge on any atom is -0.456 e. The number of nitrogens with one attached hydrogen (secondary N) is 2. The summed E-state index contributed by atoms with van der Waals surface area (Å²) >= 11 is 21.0. The van der Waals surface area contributed by atoms with Gasteiger partial charge in [-0.05, 0) is 58.7 Å². The minimum atomic E-state index is -0.671. The van der Waals surface area contributed by atoms with E-state index < -0.39 is 24.4 Å². The molecule has 0 fully saturated rings. The smallest absolute Gasteiger partial charge is 0.306 e. The summed E-state index contributed by atoms with van der Waals surface area (Å²) in [7, 11) is 0. The molecule has 0 unspecified atom stereocenters. The molecule has 0 saturated carbocycles. The average Bonchev–Trinajstić information content (AvgIpc) is 2.65. The third-order valence-corrected chi connectivity index (χ3v) is 5.60. The van der Waals surface area contributed by atoms with Gasteiger partial charge >= 0.3 is 5.97 Å². The molecule has 0 aliphatic carbocycles. The maximum Gasteiger partial charge on any atom is 0.306 e. The Kier molecular flexibility index (Phi) is 8.77. The molecular weight excluding hydrogens is 506 g/mol. The largest absolute Gasteiger partial charge is 0.456 e. The molecule has 0 aliphatic rings. The monoisotopic (exact) mass is 520 g/mol. The van der Waals surface area contributed by atoms with Gasteiger partial charge in [-0.15, -0.1) is 0 Å². The Bertz CT molecular complexity index is 953. The quantitative estimate of drug-likeness (QED) is 0.463. The number of amides is 2. The molecule has 0 saturated heterocycles. The number of hydrogen-bond acceptors (Lipinski definition) is 4. The van der Waals surface area contributed by atoms with Crippen LogP contribution >= 0.6 is 50.7 Å². The van der Waals surface area contributed by atoms with Gasteiger partial charge in [0.05, 0.1) is 21.5 Å². The van der Waals surface area contributed by atoms with Crippen molar-refractivity contribution in [3.05, 3.63) is 55.4 Å². The predicted molar refractivity (Wildman–Crippen MR) is 118 cm³/mol. The standard InChI is InChI=1S/C19H16BrCl3N2O4/c1-10-6-12(20)14(22)8-16(10)25-18(27)9-29-19(28)5-4-17(26)24-11-2-3-13(21)15(23)7-11/h2-3,6-8H,4-5,9H2,1H3,(H,24,26)(H,25,27). The van der Waals surface area contributed by atoms with Crippen molar-refractivity contribution >= 4 is 79.9 Å². The molecule has 6 nitrogen and oxygen atoms in total. The van der Waals surface area contributed by atoms with Crippen LogP contribution in [0, 0.1) is 6.92 Å². The Labute approximate surface area is 191 Å². The Balaban J connectivity index is 1.75. The highest BCUT2D eigenvalue weighted by molar-refractivity contribution is 9.10. The third-order valence-electron chi connectivity index (χ3n) is 3.67. The first-order chi connectivity index (χ1) is 13.7. The first kappa shape index (κ1) is 23.5. The molecule has 2 amide bonds. The van der Waals surface area contributed by atoms with E-state index in [1.165, 1.54) is 6.07 Å². The van der Waals surface area contributed by atoms with Crippen molar-refractivity contribution in [1.29, 1.82) is 0 Å². The van der Waals surface area contributed by atoms with Crippen LogP contribution in [0.2, 0.25) is 15.1 Å². The Morgan fingerprint density at radius 3 is 2.34 bits per heavy atom. The topological polar surface area (TPSA) is 84.5 Å². The number of carbonyl (C=O) groups excluding carboxylic acids is 3. The molecule has 0 atom stereocenters. The third kappa shape index (κ3) is 7.51. The van der Waals surface area contributed by atoms with Crippen LogP contribution in [0.3, 0.4) is 0 Å². The molecule has 154 valence electrons. The van der Waals surface area contributed by atoms with Crippen molar-refractivity contribution in [3.8, 4) is 0 Å². The van der Waals surface area contributed by atoms with Crippen LogP contribution in [0.15, 0.2) is 34.8 Å². The molecule has 29 heavy (non-hydrogen) atoms. The first-order valence-electron chi connectivity index (χ1n) is 8.31. The van der Waals surface area contributed by atoms with Crippen molar-refractivity contribution in [3.63, 3.8) is 0 Å². The molecule has 2 rings (SSSR count). The lowest BCUT2D eigenvalue weighted by atomic mass is 10.2. The number of anilines is 2. The van der Waals surface area contributed by atoms with E-state index in [0.717, 1.165) is 5.56 Å². The molecule has 2 aromatic carbocycles. The summed E-state index contributed by atoms with van der Waals surface area (Å²) < 4.78 is 5.60. The summed E-state index contributed by atoms with van der Waals surface area (Å²) in [6.45, 7) is 1.33. The minimum absolute atomic E-state index is 0.109. The van der Waals surface area contributed by atoms with E-state index in [9.17, 15) is 14.4 Å². The number of carbonyl (C=O) groups is 3. The van der Waals surface area contributed by atoms with Gasteiger partial charge in [0.2, 0.25) is 5.91 Å². The molecule has 0 radical (unpaired) electrons. The van der Waals surface area contributed by atoms with Crippen LogP contribution in [0.4, 0.5) is 11.4 Å². The van der Waals surface area contributed by atoms with Crippen LogP contribution in [-0.4, -0.2) is 24.4 Å². The molecule has 0 aromatic heterocycles. The van der Waals surface area contributed by atoms with Gasteiger partial charge in [0.15, 0.2) is 6.61 Å². The second-order valence-electron chi connectivity index (χ2n) is 5.97. The molecule has 0 heterocycles. The summed E-state index contributed by atoms with van der Waals surface area (Å²) in [4.78, 5) is 35.6. The zero-order chi connectivity index (χ0) is 21.6. The highest BCUT2D eigenvalue weighted by atomic mass is 79.9. The average molecular weight is 523 g/mol. The van der Waals surface area contributed by atoms with Gasteiger partial charge in [0, 0.05) is 22.3 Å². The normalized spacial score (nSPS) is 10.4. The summed E-state index contributed by atoms with van der Waals surface area (Å²) in [6.07, 6.45) is -0.286. The fourth-order valence-corrected chi connectivity index (χ4v) is 3.12. The lowest BCUT2D eigenvalue weighted by Gasteiger charge is -2.10. The highest BCUT2D eigenvalue weighted by Gasteiger charge is 2.13. The van der Waals surface area contributed by atoms with Gasteiger partial charge in [-0.25, -0.2) is 0 Å². The van der Waals surface area contributed by atoms with Gasteiger partial charge in [0.1, 0.15) is 0 Å². The molecule has 0 spiro atoms. The van der Waals surface area contributed by atoms with E-state index in [2.05, 4.69) is 26.6 Å². The second kappa shape index (κ2) is 10.8. The molecular formula is C19H16BrCl3N2O4. The molecule has 2 N–H and O–H groups in total. The van der Waals surface area contributed by atoms with Gasteiger partial charge in [-0.1, -0.05) is 34.8 Å². The van der Waals surface area contributed by atoms with E-state index in [0.29, 0.717) is 30.9 Å². The Morgan fingerprint density at radius 1 is 0.931 bits per heavy atom. The molecule has 10 heteroatoms. The zero-order valence-electron chi connectivity index (χ0n) is 15.2. The summed E-state index contributed by atoms with van der Waals surface area (Å²) in [5.41, 5.74) is 1.76. The molecule has 0 bridgehead atoms. The number of hydrogen-bond donors (Lipinski definition) is 2. The highest BCUT2D eigenvalue weighted by Crippen LogP contribution is 2.29. The number of rotatable bonds is 7. The van der Waals surface area contributed by atoms with E-state index in [1.54, 1.807) is 31.2 Å². The van der Waals surface area contributed by atoms with Gasteiger partial charge in [-0.2, -0.15) is 0 Å². The maximum atomic E-state index is 12.0. The fraction of sp³-hybridized carbons (Fsp3) is 0.211. The van der Waals surface area contributed by atoms with E-state index in [1.807, 2.05) is 0 Å². The van der Waals surface area contributed by atoms with Gasteiger partial charge in [0.25, 0.3) is 5.91 Å². The number of aryl methyl sites for hydroxylation is 1. The van der Waals surface area contributed by atoms with Crippen LogP contribution in [0.5, 0.6) is 0 Å². The number of ether oxygens (including phenoxy) is 1. The van der Waals surface area contributed by atoms with Crippen molar-refractivity contribution in [1.82, 2.24) is 0 Å². The Hall–Kier alpha value is -1.80. The number of benzene rings is 2. The predicted octanol–water partition coefficient (Wildman–Crippen LogP) is 5.62. The SMILES string of the molecule is Cc1cc(Br)c(Cl)cc1NC(=O)COC(=O)CCC(=O)Nc1ccc(Cl)c(Cl)c1. The van der Waals surface area contributed by atoms with Crippen molar-refractivity contribution in [2.75, 3.05) is 17.2 Å². The van der Waals surface area contributed by atoms with Crippen LogP contribution in [0.25, 0.3) is 0 Å².